The quantitative estimate of drug-likeness (QED) is 0.851. The molecule has 1 atom stereocenters. The largest absolute Gasteiger partial charge is 0.494 e. The van der Waals surface area contributed by atoms with Gasteiger partial charge in [0, 0.05) is 6.20 Å². The van der Waals surface area contributed by atoms with Crippen LogP contribution in [0.1, 0.15) is 42.7 Å². The van der Waals surface area contributed by atoms with Crippen LogP contribution in [0.25, 0.3) is 0 Å². The van der Waals surface area contributed by atoms with Gasteiger partial charge in [0.25, 0.3) is 5.91 Å². The lowest BCUT2D eigenvalue weighted by Gasteiger charge is -2.16. The molecule has 5 heteroatoms. The van der Waals surface area contributed by atoms with Crippen LogP contribution in [0.4, 0.5) is 0 Å². The summed E-state index contributed by atoms with van der Waals surface area (Å²) in [4.78, 5) is 16.5. The zero-order valence-electron chi connectivity index (χ0n) is 13.7. The third-order valence-electron chi connectivity index (χ3n) is 3.34. The number of carbonyl (C=O) groups is 1. The van der Waals surface area contributed by atoms with Crippen molar-refractivity contribution in [3.63, 3.8) is 0 Å². The minimum absolute atomic E-state index is 0.132. The fourth-order valence-corrected chi connectivity index (χ4v) is 2.19. The summed E-state index contributed by atoms with van der Waals surface area (Å²) in [6.07, 6.45) is 1.61. The molecule has 0 bridgehead atoms. The van der Waals surface area contributed by atoms with E-state index in [1.807, 2.05) is 45.0 Å². The van der Waals surface area contributed by atoms with Crippen LogP contribution in [0.2, 0.25) is 0 Å². The zero-order chi connectivity index (χ0) is 16.7. The van der Waals surface area contributed by atoms with Crippen molar-refractivity contribution >= 4 is 5.91 Å². The Bertz CT molecular complexity index is 641. The molecule has 2 rings (SSSR count). The normalized spacial score (nSPS) is 11.6. The highest BCUT2D eigenvalue weighted by Gasteiger charge is 2.16. The molecule has 0 aliphatic carbocycles. The Kier molecular flexibility index (Phi) is 5.97. The van der Waals surface area contributed by atoms with E-state index in [1.54, 1.807) is 18.3 Å². The van der Waals surface area contributed by atoms with Gasteiger partial charge >= 0.3 is 0 Å². The van der Waals surface area contributed by atoms with Crippen LogP contribution in [-0.2, 0) is 0 Å². The number of nitrogens with zero attached hydrogens (tertiary/aromatic N) is 1. The van der Waals surface area contributed by atoms with Crippen LogP contribution in [0.15, 0.2) is 42.6 Å². The van der Waals surface area contributed by atoms with Gasteiger partial charge in [-0.2, -0.15) is 0 Å². The summed E-state index contributed by atoms with van der Waals surface area (Å²) in [5.74, 6) is 0.968. The Morgan fingerprint density at radius 1 is 1.13 bits per heavy atom. The van der Waals surface area contributed by atoms with Gasteiger partial charge in [0.1, 0.15) is 11.3 Å². The highest BCUT2D eigenvalue weighted by Crippen LogP contribution is 2.20. The van der Waals surface area contributed by atoms with Crippen LogP contribution < -0.4 is 14.8 Å². The first-order valence-corrected chi connectivity index (χ1v) is 7.77. The Hall–Kier alpha value is -2.56. The lowest BCUT2D eigenvalue weighted by atomic mass is 10.1. The number of carbonyl (C=O) groups excluding carboxylic acids is 1. The van der Waals surface area contributed by atoms with Gasteiger partial charge in [-0.15, -0.1) is 0 Å². The maximum absolute atomic E-state index is 12.4. The first kappa shape index (κ1) is 16.8. The fourth-order valence-electron chi connectivity index (χ4n) is 2.19. The average molecular weight is 314 g/mol. The van der Waals surface area contributed by atoms with E-state index in [2.05, 4.69) is 10.3 Å². The second-order valence-corrected chi connectivity index (χ2v) is 4.99. The van der Waals surface area contributed by atoms with Crippen molar-refractivity contribution in [2.45, 2.75) is 26.8 Å². The maximum Gasteiger partial charge on any atom is 0.257 e. The average Bonchev–Trinajstić information content (AvgIpc) is 2.56. The van der Waals surface area contributed by atoms with Crippen molar-refractivity contribution in [2.24, 2.45) is 0 Å². The van der Waals surface area contributed by atoms with Gasteiger partial charge in [0.05, 0.1) is 19.3 Å². The summed E-state index contributed by atoms with van der Waals surface area (Å²) >= 11 is 0. The predicted octanol–water partition coefficient (Wildman–Crippen LogP) is 3.37. The van der Waals surface area contributed by atoms with Crippen molar-refractivity contribution in [3.8, 4) is 11.6 Å². The molecule has 0 spiro atoms. The molecule has 0 aliphatic rings. The summed E-state index contributed by atoms with van der Waals surface area (Å²) in [6, 6.07) is 11.0. The number of aromatic nitrogens is 1. The molecule has 0 fully saturated rings. The number of hydrogen-bond donors (Lipinski definition) is 1. The number of amides is 1. The van der Waals surface area contributed by atoms with E-state index in [0.717, 1.165) is 11.3 Å². The molecule has 0 unspecified atom stereocenters. The van der Waals surface area contributed by atoms with Gasteiger partial charge in [0.15, 0.2) is 0 Å². The van der Waals surface area contributed by atoms with Gasteiger partial charge in [-0.1, -0.05) is 12.1 Å². The van der Waals surface area contributed by atoms with E-state index in [0.29, 0.717) is 24.7 Å². The SMILES string of the molecule is CCOc1ccc([C@@H](C)NC(=O)c2cccnc2OCC)cc1. The second kappa shape index (κ2) is 8.17. The Labute approximate surface area is 136 Å². The standard InChI is InChI=1S/C18H22N2O3/c1-4-22-15-10-8-14(9-11-15)13(3)20-17(21)16-7-6-12-19-18(16)23-5-2/h6-13H,4-5H2,1-3H3,(H,20,21)/t13-/m1/s1. The summed E-state index contributed by atoms with van der Waals surface area (Å²) in [7, 11) is 0. The monoisotopic (exact) mass is 314 g/mol. The van der Waals surface area contributed by atoms with Crippen LogP contribution in [0.3, 0.4) is 0 Å². The predicted molar refractivity (Wildman–Crippen MR) is 88.9 cm³/mol. The van der Waals surface area contributed by atoms with Crippen molar-refractivity contribution in [3.05, 3.63) is 53.7 Å². The maximum atomic E-state index is 12.4. The minimum atomic E-state index is -0.206. The molecule has 0 radical (unpaired) electrons. The molecule has 0 saturated carbocycles. The zero-order valence-corrected chi connectivity index (χ0v) is 13.7. The number of pyridine rings is 1. The lowest BCUT2D eigenvalue weighted by Crippen LogP contribution is -2.27. The Morgan fingerprint density at radius 3 is 2.48 bits per heavy atom. The van der Waals surface area contributed by atoms with Crippen LogP contribution >= 0.6 is 0 Å². The fraction of sp³-hybridized carbons (Fsp3) is 0.333. The van der Waals surface area contributed by atoms with Crippen LogP contribution in [-0.4, -0.2) is 24.1 Å². The highest BCUT2D eigenvalue weighted by molar-refractivity contribution is 5.96. The molecule has 0 saturated heterocycles. The lowest BCUT2D eigenvalue weighted by molar-refractivity contribution is 0.0935. The molecule has 1 amide bonds. The minimum Gasteiger partial charge on any atom is -0.494 e. The van der Waals surface area contributed by atoms with Gasteiger partial charge in [-0.3, -0.25) is 4.79 Å². The van der Waals surface area contributed by atoms with E-state index in [1.165, 1.54) is 0 Å². The van der Waals surface area contributed by atoms with Gasteiger partial charge in [-0.05, 0) is 50.6 Å². The van der Waals surface area contributed by atoms with E-state index >= 15 is 0 Å². The van der Waals surface area contributed by atoms with E-state index in [4.69, 9.17) is 9.47 Å². The smallest absolute Gasteiger partial charge is 0.257 e. The van der Waals surface area contributed by atoms with Gasteiger partial charge < -0.3 is 14.8 Å². The highest BCUT2D eigenvalue weighted by atomic mass is 16.5. The molecular formula is C18H22N2O3. The summed E-state index contributed by atoms with van der Waals surface area (Å²) in [5.41, 5.74) is 1.44. The van der Waals surface area contributed by atoms with Gasteiger partial charge in [-0.25, -0.2) is 4.98 Å². The van der Waals surface area contributed by atoms with Crippen LogP contribution in [0, 0.1) is 0 Å². The van der Waals surface area contributed by atoms with Gasteiger partial charge in [0.2, 0.25) is 5.88 Å². The third kappa shape index (κ3) is 4.45. The summed E-state index contributed by atoms with van der Waals surface area (Å²) in [5, 5.41) is 2.96. The Morgan fingerprint density at radius 2 is 1.83 bits per heavy atom. The van der Waals surface area contributed by atoms with Crippen molar-refractivity contribution in [1.82, 2.24) is 10.3 Å². The summed E-state index contributed by atoms with van der Waals surface area (Å²) in [6.45, 7) is 6.84. The van der Waals surface area contributed by atoms with E-state index in [-0.39, 0.29) is 11.9 Å². The number of benzene rings is 1. The molecule has 1 heterocycles. The van der Waals surface area contributed by atoms with Crippen molar-refractivity contribution in [1.29, 1.82) is 0 Å². The number of nitrogens with one attached hydrogen (secondary N) is 1. The molecular weight excluding hydrogens is 292 g/mol. The molecule has 23 heavy (non-hydrogen) atoms. The number of hydrogen-bond acceptors (Lipinski definition) is 4. The first-order chi connectivity index (χ1) is 11.2. The first-order valence-electron chi connectivity index (χ1n) is 7.77. The molecule has 1 aromatic heterocycles. The molecule has 2 aromatic rings. The second-order valence-electron chi connectivity index (χ2n) is 4.99. The molecule has 5 nitrogen and oxygen atoms in total. The Balaban J connectivity index is 2.07. The molecule has 1 aromatic carbocycles. The third-order valence-corrected chi connectivity index (χ3v) is 3.34. The number of ether oxygens (including phenoxy) is 2. The van der Waals surface area contributed by atoms with Crippen LogP contribution in [0.5, 0.6) is 11.6 Å². The molecule has 122 valence electrons. The van der Waals surface area contributed by atoms with E-state index in [9.17, 15) is 4.79 Å². The number of rotatable bonds is 7. The topological polar surface area (TPSA) is 60.5 Å². The van der Waals surface area contributed by atoms with E-state index < -0.39 is 0 Å². The van der Waals surface area contributed by atoms with Crippen molar-refractivity contribution in [2.75, 3.05) is 13.2 Å². The molecule has 0 aliphatic heterocycles. The van der Waals surface area contributed by atoms with Crippen molar-refractivity contribution < 1.29 is 14.3 Å². The molecule has 1 N–H and O–H groups in total. The summed E-state index contributed by atoms with van der Waals surface area (Å²) < 4.78 is 10.8.